The lowest BCUT2D eigenvalue weighted by Gasteiger charge is -1.99. The SMILES string of the molecule is O=C(O)CCC1=Cc2ccc(Cl)cc2C1. The quantitative estimate of drug-likeness (QED) is 0.853. The van der Waals surface area contributed by atoms with Crippen LogP contribution in [-0.2, 0) is 11.2 Å². The van der Waals surface area contributed by atoms with Crippen molar-refractivity contribution >= 4 is 23.6 Å². The van der Waals surface area contributed by atoms with Crippen LogP contribution >= 0.6 is 11.6 Å². The highest BCUT2D eigenvalue weighted by atomic mass is 35.5. The number of halogens is 1. The van der Waals surface area contributed by atoms with E-state index < -0.39 is 5.97 Å². The van der Waals surface area contributed by atoms with E-state index in [0.717, 1.165) is 11.4 Å². The molecule has 2 nitrogen and oxygen atoms in total. The molecular weight excluding hydrogens is 212 g/mol. The van der Waals surface area contributed by atoms with Crippen LogP contribution in [0.25, 0.3) is 6.08 Å². The smallest absolute Gasteiger partial charge is 0.303 e. The summed E-state index contributed by atoms with van der Waals surface area (Å²) in [5.74, 6) is -0.745. The summed E-state index contributed by atoms with van der Waals surface area (Å²) >= 11 is 5.88. The van der Waals surface area contributed by atoms with Gasteiger partial charge in [0.05, 0.1) is 0 Å². The van der Waals surface area contributed by atoms with Crippen molar-refractivity contribution in [2.75, 3.05) is 0 Å². The Hall–Kier alpha value is -1.28. The van der Waals surface area contributed by atoms with E-state index in [1.54, 1.807) is 0 Å². The van der Waals surface area contributed by atoms with Crippen molar-refractivity contribution in [1.29, 1.82) is 0 Å². The molecule has 0 saturated carbocycles. The third-order valence-corrected chi connectivity index (χ3v) is 2.78. The lowest BCUT2D eigenvalue weighted by atomic mass is 10.1. The molecule has 0 fully saturated rings. The van der Waals surface area contributed by atoms with Crippen LogP contribution in [0.3, 0.4) is 0 Å². The minimum atomic E-state index is -0.745. The third-order valence-electron chi connectivity index (χ3n) is 2.54. The second kappa shape index (κ2) is 4.07. The number of carboxylic acids is 1. The average Bonchev–Trinajstić information content (AvgIpc) is 2.56. The molecular formula is C12H11ClO2. The standard InChI is InChI=1S/C12H11ClO2/c13-11-3-2-9-5-8(1-4-12(14)15)6-10(9)7-11/h2-3,5,7H,1,4,6H2,(H,14,15). The van der Waals surface area contributed by atoms with Gasteiger partial charge in [0.25, 0.3) is 0 Å². The van der Waals surface area contributed by atoms with Crippen molar-refractivity contribution in [1.82, 2.24) is 0 Å². The molecule has 1 aliphatic carbocycles. The number of carboxylic acid groups (broad SMARTS) is 1. The molecule has 0 aliphatic heterocycles. The Labute approximate surface area is 93.2 Å². The Balaban J connectivity index is 2.08. The number of hydrogen-bond donors (Lipinski definition) is 1. The molecule has 78 valence electrons. The van der Waals surface area contributed by atoms with Gasteiger partial charge in [-0.15, -0.1) is 0 Å². The van der Waals surface area contributed by atoms with Crippen LogP contribution in [-0.4, -0.2) is 11.1 Å². The van der Waals surface area contributed by atoms with E-state index >= 15 is 0 Å². The van der Waals surface area contributed by atoms with Gasteiger partial charge in [-0.1, -0.05) is 29.3 Å². The first kappa shape index (κ1) is 10.2. The van der Waals surface area contributed by atoms with E-state index in [2.05, 4.69) is 6.08 Å². The molecule has 15 heavy (non-hydrogen) atoms. The van der Waals surface area contributed by atoms with Crippen LogP contribution in [0, 0.1) is 0 Å². The first-order valence-electron chi connectivity index (χ1n) is 4.85. The zero-order chi connectivity index (χ0) is 10.8. The van der Waals surface area contributed by atoms with E-state index in [4.69, 9.17) is 16.7 Å². The van der Waals surface area contributed by atoms with Crippen molar-refractivity contribution in [2.45, 2.75) is 19.3 Å². The Kier molecular flexibility index (Phi) is 2.78. The fourth-order valence-corrected chi connectivity index (χ4v) is 2.01. The summed E-state index contributed by atoms with van der Waals surface area (Å²) in [6.07, 6.45) is 3.73. The zero-order valence-corrected chi connectivity index (χ0v) is 8.92. The lowest BCUT2D eigenvalue weighted by molar-refractivity contribution is -0.136. The Bertz CT molecular complexity index is 435. The molecule has 0 unspecified atom stereocenters. The van der Waals surface area contributed by atoms with Gasteiger partial charge in [-0.25, -0.2) is 0 Å². The Morgan fingerprint density at radius 2 is 2.27 bits per heavy atom. The predicted molar refractivity (Wildman–Crippen MR) is 60.0 cm³/mol. The van der Waals surface area contributed by atoms with E-state index in [9.17, 15) is 4.79 Å². The minimum Gasteiger partial charge on any atom is -0.481 e. The number of fused-ring (bicyclic) bond motifs is 1. The maximum absolute atomic E-state index is 10.4. The average molecular weight is 223 g/mol. The number of benzene rings is 1. The van der Waals surface area contributed by atoms with Gasteiger partial charge in [-0.05, 0) is 36.1 Å². The highest BCUT2D eigenvalue weighted by molar-refractivity contribution is 6.30. The fraction of sp³-hybridized carbons (Fsp3) is 0.250. The van der Waals surface area contributed by atoms with Crippen molar-refractivity contribution in [2.24, 2.45) is 0 Å². The van der Waals surface area contributed by atoms with Crippen LogP contribution in [0.4, 0.5) is 0 Å². The second-order valence-corrected chi connectivity index (χ2v) is 4.15. The molecule has 1 aromatic carbocycles. The fourth-order valence-electron chi connectivity index (χ4n) is 1.81. The normalized spacial score (nSPS) is 13.5. The van der Waals surface area contributed by atoms with Crippen molar-refractivity contribution in [3.05, 3.63) is 39.9 Å². The molecule has 1 aliphatic rings. The summed E-state index contributed by atoms with van der Waals surface area (Å²) in [4.78, 5) is 10.4. The molecule has 0 spiro atoms. The maximum atomic E-state index is 10.4. The van der Waals surface area contributed by atoms with Gasteiger partial charge in [0.15, 0.2) is 0 Å². The first-order valence-corrected chi connectivity index (χ1v) is 5.22. The summed E-state index contributed by atoms with van der Waals surface area (Å²) in [5, 5.41) is 9.32. The molecule has 0 radical (unpaired) electrons. The summed E-state index contributed by atoms with van der Waals surface area (Å²) in [5.41, 5.74) is 3.54. The highest BCUT2D eigenvalue weighted by Gasteiger charge is 2.13. The third kappa shape index (κ3) is 2.39. The van der Waals surface area contributed by atoms with Gasteiger partial charge in [-0.3, -0.25) is 4.79 Å². The summed E-state index contributed by atoms with van der Waals surface area (Å²) in [6.45, 7) is 0. The molecule has 0 bridgehead atoms. The summed E-state index contributed by atoms with van der Waals surface area (Å²) in [6, 6.07) is 5.78. The van der Waals surface area contributed by atoms with Gasteiger partial charge >= 0.3 is 5.97 Å². The van der Waals surface area contributed by atoms with Gasteiger partial charge in [0.1, 0.15) is 0 Å². The second-order valence-electron chi connectivity index (χ2n) is 3.72. The van der Waals surface area contributed by atoms with Gasteiger partial charge in [0, 0.05) is 11.4 Å². The van der Waals surface area contributed by atoms with Crippen LogP contribution in [0.2, 0.25) is 5.02 Å². The monoisotopic (exact) mass is 222 g/mol. The van der Waals surface area contributed by atoms with Crippen LogP contribution in [0.5, 0.6) is 0 Å². The van der Waals surface area contributed by atoms with E-state index in [1.165, 1.54) is 16.7 Å². The van der Waals surface area contributed by atoms with E-state index in [1.807, 2.05) is 18.2 Å². The number of rotatable bonds is 3. The van der Waals surface area contributed by atoms with E-state index in [0.29, 0.717) is 6.42 Å². The number of carbonyl (C=O) groups is 1. The van der Waals surface area contributed by atoms with Crippen molar-refractivity contribution < 1.29 is 9.90 Å². The van der Waals surface area contributed by atoms with Gasteiger partial charge < -0.3 is 5.11 Å². The molecule has 0 aromatic heterocycles. The highest BCUT2D eigenvalue weighted by Crippen LogP contribution is 2.29. The molecule has 3 heteroatoms. The lowest BCUT2D eigenvalue weighted by Crippen LogP contribution is -1.95. The van der Waals surface area contributed by atoms with Crippen LogP contribution < -0.4 is 0 Å². The Morgan fingerprint density at radius 3 is 3.00 bits per heavy atom. The molecule has 1 aromatic rings. The molecule has 0 heterocycles. The maximum Gasteiger partial charge on any atom is 0.303 e. The first-order chi connectivity index (χ1) is 7.15. The topological polar surface area (TPSA) is 37.3 Å². The predicted octanol–water partition coefficient (Wildman–Crippen LogP) is 3.14. The van der Waals surface area contributed by atoms with Crippen molar-refractivity contribution in [3.63, 3.8) is 0 Å². The molecule has 0 saturated heterocycles. The molecule has 1 N–H and O–H groups in total. The molecule has 0 atom stereocenters. The molecule has 0 amide bonds. The minimum absolute atomic E-state index is 0.202. The van der Waals surface area contributed by atoms with E-state index in [-0.39, 0.29) is 6.42 Å². The van der Waals surface area contributed by atoms with Gasteiger partial charge in [0.2, 0.25) is 0 Å². The zero-order valence-electron chi connectivity index (χ0n) is 8.16. The summed E-state index contributed by atoms with van der Waals surface area (Å²) in [7, 11) is 0. The largest absolute Gasteiger partial charge is 0.481 e. The summed E-state index contributed by atoms with van der Waals surface area (Å²) < 4.78 is 0. The number of hydrogen-bond acceptors (Lipinski definition) is 1. The van der Waals surface area contributed by atoms with Gasteiger partial charge in [-0.2, -0.15) is 0 Å². The van der Waals surface area contributed by atoms with Crippen molar-refractivity contribution in [3.8, 4) is 0 Å². The van der Waals surface area contributed by atoms with Crippen LogP contribution in [0.1, 0.15) is 24.0 Å². The molecule has 2 rings (SSSR count). The Morgan fingerprint density at radius 1 is 1.47 bits per heavy atom. The number of allylic oxidation sites excluding steroid dienone is 1. The van der Waals surface area contributed by atoms with Crippen LogP contribution in [0.15, 0.2) is 23.8 Å². The number of aliphatic carboxylic acids is 1.